The second-order valence-corrected chi connectivity index (χ2v) is 8.18. The standard InChI is InChI=1S/C16H18FN3O3S/c1-11-18-5-6-20(11)15-3-2-12(8-14(15)17)9-19-16(21)13-4-7-24(22,23)10-13/h2-3,5-6,8,13H,4,7,9-10H2,1H3,(H,19,21). The molecule has 1 atom stereocenters. The molecule has 2 aromatic rings. The van der Waals surface area contributed by atoms with Gasteiger partial charge in [0.05, 0.1) is 23.1 Å². The zero-order valence-electron chi connectivity index (χ0n) is 13.2. The summed E-state index contributed by atoms with van der Waals surface area (Å²) in [4.78, 5) is 16.1. The minimum atomic E-state index is -3.09. The van der Waals surface area contributed by atoms with Crippen LogP contribution in [0.2, 0.25) is 0 Å². The largest absolute Gasteiger partial charge is 0.352 e. The van der Waals surface area contributed by atoms with Gasteiger partial charge in [-0.25, -0.2) is 17.8 Å². The number of nitrogens with zero attached hydrogens (tertiary/aromatic N) is 2. The van der Waals surface area contributed by atoms with E-state index in [1.807, 2.05) is 0 Å². The number of benzene rings is 1. The van der Waals surface area contributed by atoms with Crippen molar-refractivity contribution in [3.05, 3.63) is 47.8 Å². The highest BCUT2D eigenvalue weighted by Crippen LogP contribution is 2.19. The van der Waals surface area contributed by atoms with Crippen LogP contribution in [0.1, 0.15) is 17.8 Å². The van der Waals surface area contributed by atoms with Gasteiger partial charge in [-0.1, -0.05) is 6.07 Å². The summed E-state index contributed by atoms with van der Waals surface area (Å²) < 4.78 is 38.7. The lowest BCUT2D eigenvalue weighted by molar-refractivity contribution is -0.124. The van der Waals surface area contributed by atoms with E-state index in [4.69, 9.17) is 0 Å². The molecule has 3 rings (SSSR count). The van der Waals surface area contributed by atoms with E-state index in [-0.39, 0.29) is 24.0 Å². The van der Waals surface area contributed by atoms with Crippen LogP contribution in [-0.4, -0.2) is 35.4 Å². The Hall–Kier alpha value is -2.22. The summed E-state index contributed by atoms with van der Waals surface area (Å²) >= 11 is 0. The lowest BCUT2D eigenvalue weighted by atomic mass is 10.1. The molecule has 1 aromatic heterocycles. The molecule has 8 heteroatoms. The molecule has 0 radical (unpaired) electrons. The Bertz CT molecular complexity index is 876. The molecule has 24 heavy (non-hydrogen) atoms. The first-order chi connectivity index (χ1) is 11.4. The van der Waals surface area contributed by atoms with Gasteiger partial charge in [0.1, 0.15) is 11.6 Å². The number of rotatable bonds is 4. The Kier molecular flexibility index (Phi) is 4.40. The summed E-state index contributed by atoms with van der Waals surface area (Å²) in [5.41, 5.74) is 1.00. The summed E-state index contributed by atoms with van der Waals surface area (Å²) in [5.74, 6) is -0.590. The van der Waals surface area contributed by atoms with Crippen LogP contribution in [0.25, 0.3) is 5.69 Å². The Morgan fingerprint density at radius 2 is 2.25 bits per heavy atom. The highest BCUT2D eigenvalue weighted by molar-refractivity contribution is 7.91. The van der Waals surface area contributed by atoms with E-state index in [1.165, 1.54) is 6.07 Å². The number of carbonyl (C=O) groups is 1. The number of imidazole rings is 1. The number of aromatic nitrogens is 2. The Labute approximate surface area is 139 Å². The van der Waals surface area contributed by atoms with Crippen molar-refractivity contribution in [2.45, 2.75) is 19.9 Å². The molecule has 1 saturated heterocycles. The van der Waals surface area contributed by atoms with E-state index in [1.54, 1.807) is 36.0 Å². The fourth-order valence-corrected chi connectivity index (χ4v) is 4.56. The van der Waals surface area contributed by atoms with Gasteiger partial charge in [-0.3, -0.25) is 4.79 Å². The normalized spacial score (nSPS) is 19.3. The molecule has 6 nitrogen and oxygen atoms in total. The average Bonchev–Trinajstić information content (AvgIpc) is 3.10. The predicted molar refractivity (Wildman–Crippen MR) is 86.9 cm³/mol. The third-order valence-corrected chi connectivity index (χ3v) is 5.94. The van der Waals surface area contributed by atoms with Gasteiger partial charge in [-0.2, -0.15) is 0 Å². The number of hydrogen-bond donors (Lipinski definition) is 1. The highest BCUT2D eigenvalue weighted by Gasteiger charge is 2.32. The Morgan fingerprint density at radius 3 is 2.83 bits per heavy atom. The zero-order valence-corrected chi connectivity index (χ0v) is 14.0. The van der Waals surface area contributed by atoms with Gasteiger partial charge in [0.2, 0.25) is 5.91 Å². The zero-order chi connectivity index (χ0) is 17.3. The molecular formula is C16H18FN3O3S. The first kappa shape index (κ1) is 16.6. The number of aryl methyl sites for hydroxylation is 1. The molecule has 1 unspecified atom stereocenters. The topological polar surface area (TPSA) is 81.1 Å². The molecule has 1 aromatic carbocycles. The Morgan fingerprint density at radius 1 is 1.46 bits per heavy atom. The van der Waals surface area contributed by atoms with Crippen molar-refractivity contribution < 1.29 is 17.6 Å². The van der Waals surface area contributed by atoms with Gasteiger partial charge >= 0.3 is 0 Å². The number of hydrogen-bond acceptors (Lipinski definition) is 4. The van der Waals surface area contributed by atoms with Crippen molar-refractivity contribution in [1.29, 1.82) is 0 Å². The van der Waals surface area contributed by atoms with E-state index in [0.29, 0.717) is 23.5 Å². The molecule has 1 aliphatic heterocycles. The summed E-state index contributed by atoms with van der Waals surface area (Å²) in [5, 5.41) is 2.68. The van der Waals surface area contributed by atoms with E-state index in [2.05, 4.69) is 10.3 Å². The van der Waals surface area contributed by atoms with Crippen LogP contribution < -0.4 is 5.32 Å². The van der Waals surface area contributed by atoms with Crippen LogP contribution in [0.5, 0.6) is 0 Å². The van der Waals surface area contributed by atoms with Crippen molar-refractivity contribution in [2.75, 3.05) is 11.5 Å². The first-order valence-electron chi connectivity index (χ1n) is 7.62. The van der Waals surface area contributed by atoms with Gasteiger partial charge in [0.25, 0.3) is 0 Å². The van der Waals surface area contributed by atoms with E-state index >= 15 is 0 Å². The molecule has 1 fully saturated rings. The highest BCUT2D eigenvalue weighted by atomic mass is 32.2. The maximum Gasteiger partial charge on any atom is 0.224 e. The maximum absolute atomic E-state index is 14.3. The molecular weight excluding hydrogens is 333 g/mol. The third kappa shape index (κ3) is 3.48. The van der Waals surface area contributed by atoms with Crippen molar-refractivity contribution in [2.24, 2.45) is 5.92 Å². The minimum absolute atomic E-state index is 0.0542. The molecule has 1 amide bonds. The number of sulfone groups is 1. The van der Waals surface area contributed by atoms with E-state index in [0.717, 1.165) is 0 Å². The summed E-state index contributed by atoms with van der Waals surface area (Å²) in [7, 11) is -3.09. The molecule has 0 saturated carbocycles. The fraction of sp³-hybridized carbons (Fsp3) is 0.375. The molecule has 0 aliphatic carbocycles. The van der Waals surface area contributed by atoms with Crippen LogP contribution in [-0.2, 0) is 21.2 Å². The van der Waals surface area contributed by atoms with Crippen molar-refractivity contribution in [3.63, 3.8) is 0 Å². The van der Waals surface area contributed by atoms with Crippen LogP contribution in [0.4, 0.5) is 4.39 Å². The molecule has 2 heterocycles. The molecule has 1 aliphatic rings. The Balaban J connectivity index is 1.65. The van der Waals surface area contributed by atoms with Crippen molar-refractivity contribution in [1.82, 2.24) is 14.9 Å². The number of nitrogens with one attached hydrogen (secondary N) is 1. The molecule has 128 valence electrons. The van der Waals surface area contributed by atoms with Gasteiger partial charge in [-0.05, 0) is 31.0 Å². The second kappa shape index (κ2) is 6.35. The average molecular weight is 351 g/mol. The number of carbonyl (C=O) groups excluding carboxylic acids is 1. The van der Waals surface area contributed by atoms with Crippen LogP contribution in [0.3, 0.4) is 0 Å². The number of amides is 1. The van der Waals surface area contributed by atoms with Crippen LogP contribution >= 0.6 is 0 Å². The monoisotopic (exact) mass is 351 g/mol. The lowest BCUT2D eigenvalue weighted by Crippen LogP contribution is -2.31. The third-order valence-electron chi connectivity index (χ3n) is 4.17. The minimum Gasteiger partial charge on any atom is -0.352 e. The van der Waals surface area contributed by atoms with E-state index in [9.17, 15) is 17.6 Å². The van der Waals surface area contributed by atoms with Crippen LogP contribution in [0.15, 0.2) is 30.6 Å². The second-order valence-electron chi connectivity index (χ2n) is 5.95. The van der Waals surface area contributed by atoms with Gasteiger partial charge < -0.3 is 9.88 Å². The summed E-state index contributed by atoms with van der Waals surface area (Å²) in [6, 6.07) is 4.72. The fourth-order valence-electron chi connectivity index (χ4n) is 2.82. The quantitative estimate of drug-likeness (QED) is 0.902. The smallest absolute Gasteiger partial charge is 0.224 e. The molecule has 0 spiro atoms. The van der Waals surface area contributed by atoms with E-state index < -0.39 is 21.6 Å². The van der Waals surface area contributed by atoms with Crippen LogP contribution in [0, 0.1) is 18.7 Å². The predicted octanol–water partition coefficient (Wildman–Crippen LogP) is 1.37. The lowest BCUT2D eigenvalue weighted by Gasteiger charge is -2.11. The summed E-state index contributed by atoms with van der Waals surface area (Å²) in [6.45, 7) is 1.94. The van der Waals surface area contributed by atoms with Gasteiger partial charge in [0, 0.05) is 18.9 Å². The van der Waals surface area contributed by atoms with Gasteiger partial charge in [0.15, 0.2) is 9.84 Å². The molecule has 1 N–H and O–H groups in total. The number of halogens is 1. The van der Waals surface area contributed by atoms with Crippen molar-refractivity contribution in [3.8, 4) is 5.69 Å². The van der Waals surface area contributed by atoms with Crippen molar-refractivity contribution >= 4 is 15.7 Å². The first-order valence-corrected chi connectivity index (χ1v) is 9.45. The van der Waals surface area contributed by atoms with Gasteiger partial charge in [-0.15, -0.1) is 0 Å². The SMILES string of the molecule is Cc1nccn1-c1ccc(CNC(=O)C2CCS(=O)(=O)C2)cc1F. The summed E-state index contributed by atoms with van der Waals surface area (Å²) in [6.07, 6.45) is 3.62. The maximum atomic E-state index is 14.3. The molecule has 0 bridgehead atoms.